The molecule has 0 aromatic carbocycles. The van der Waals surface area contributed by atoms with Crippen LogP contribution in [0.4, 0.5) is 0 Å². The molecular formula is C22H42O2. The van der Waals surface area contributed by atoms with Gasteiger partial charge in [0, 0.05) is 5.92 Å². The van der Waals surface area contributed by atoms with Gasteiger partial charge in [0.1, 0.15) is 6.10 Å². The number of rotatable bonds is 5. The molecule has 24 heavy (non-hydrogen) atoms. The van der Waals surface area contributed by atoms with Crippen molar-refractivity contribution in [2.75, 3.05) is 0 Å². The highest BCUT2D eigenvalue weighted by atomic mass is 16.5. The lowest BCUT2D eigenvalue weighted by Gasteiger charge is -2.46. The van der Waals surface area contributed by atoms with Gasteiger partial charge in [-0.2, -0.15) is 0 Å². The zero-order valence-electron chi connectivity index (χ0n) is 17.9. The van der Waals surface area contributed by atoms with Crippen LogP contribution in [0.5, 0.6) is 0 Å². The van der Waals surface area contributed by atoms with E-state index in [4.69, 9.17) is 4.74 Å². The smallest absolute Gasteiger partial charge is 0.312 e. The Balaban J connectivity index is 3.03. The molecule has 0 bridgehead atoms. The Morgan fingerprint density at radius 2 is 1.58 bits per heavy atom. The van der Waals surface area contributed by atoms with Gasteiger partial charge in [0.25, 0.3) is 0 Å². The Kier molecular flexibility index (Phi) is 6.98. The summed E-state index contributed by atoms with van der Waals surface area (Å²) in [4.78, 5) is 13.2. The van der Waals surface area contributed by atoms with Gasteiger partial charge >= 0.3 is 5.97 Å². The van der Waals surface area contributed by atoms with Crippen LogP contribution >= 0.6 is 0 Å². The van der Waals surface area contributed by atoms with Crippen molar-refractivity contribution in [2.24, 2.45) is 40.4 Å². The van der Waals surface area contributed by atoms with Crippen molar-refractivity contribution in [2.45, 2.75) is 94.6 Å². The molecule has 0 N–H and O–H groups in total. The number of esters is 1. The van der Waals surface area contributed by atoms with E-state index in [1.807, 2.05) is 0 Å². The number of hydrogen-bond acceptors (Lipinski definition) is 2. The molecule has 5 unspecified atom stereocenters. The molecule has 0 aliphatic heterocycles. The molecule has 0 radical (unpaired) electrons. The highest BCUT2D eigenvalue weighted by Crippen LogP contribution is 2.45. The van der Waals surface area contributed by atoms with E-state index in [0.29, 0.717) is 29.6 Å². The van der Waals surface area contributed by atoms with Crippen LogP contribution in [0.25, 0.3) is 0 Å². The average Bonchev–Trinajstić information content (AvgIpc) is 2.38. The van der Waals surface area contributed by atoms with Gasteiger partial charge < -0.3 is 4.74 Å². The molecule has 0 aromatic rings. The second-order valence-corrected chi connectivity index (χ2v) is 10.6. The van der Waals surface area contributed by atoms with Crippen LogP contribution in [-0.2, 0) is 9.53 Å². The largest absolute Gasteiger partial charge is 0.461 e. The Morgan fingerprint density at radius 1 is 1.04 bits per heavy atom. The van der Waals surface area contributed by atoms with Gasteiger partial charge in [-0.25, -0.2) is 0 Å². The maximum absolute atomic E-state index is 13.2. The Labute approximate surface area is 151 Å². The molecule has 0 amide bonds. The van der Waals surface area contributed by atoms with Gasteiger partial charge in [-0.3, -0.25) is 4.79 Å². The van der Waals surface area contributed by atoms with Crippen molar-refractivity contribution in [1.82, 2.24) is 0 Å². The predicted molar refractivity (Wildman–Crippen MR) is 103 cm³/mol. The minimum absolute atomic E-state index is 0.0202. The second kappa shape index (κ2) is 7.79. The summed E-state index contributed by atoms with van der Waals surface area (Å²) in [6.07, 6.45) is 3.27. The first kappa shape index (κ1) is 21.5. The van der Waals surface area contributed by atoms with E-state index in [1.54, 1.807) is 0 Å². The molecule has 0 aromatic heterocycles. The monoisotopic (exact) mass is 338 g/mol. The first-order valence-corrected chi connectivity index (χ1v) is 10.00. The van der Waals surface area contributed by atoms with E-state index in [9.17, 15) is 4.79 Å². The van der Waals surface area contributed by atoms with Crippen LogP contribution in [0.1, 0.15) is 88.5 Å². The predicted octanol–water partition coefficient (Wildman–Crippen LogP) is 6.33. The highest BCUT2D eigenvalue weighted by molar-refractivity contribution is 5.77. The summed E-state index contributed by atoms with van der Waals surface area (Å²) in [6, 6.07) is 0. The summed E-state index contributed by atoms with van der Waals surface area (Å²) in [5.41, 5.74) is -0.223. The van der Waals surface area contributed by atoms with Gasteiger partial charge in [0.15, 0.2) is 0 Å². The van der Waals surface area contributed by atoms with E-state index < -0.39 is 0 Å². The van der Waals surface area contributed by atoms with Crippen LogP contribution in [0.15, 0.2) is 0 Å². The molecule has 142 valence electrons. The van der Waals surface area contributed by atoms with Crippen molar-refractivity contribution < 1.29 is 9.53 Å². The zero-order valence-corrected chi connectivity index (χ0v) is 17.9. The van der Waals surface area contributed by atoms with Crippen LogP contribution in [0, 0.1) is 40.4 Å². The molecule has 0 spiro atoms. The van der Waals surface area contributed by atoms with Gasteiger partial charge in [0.05, 0.1) is 5.41 Å². The van der Waals surface area contributed by atoms with Crippen molar-refractivity contribution >= 4 is 5.97 Å². The number of ether oxygens (including phenoxy) is 1. The zero-order chi connectivity index (χ0) is 18.9. The third-order valence-electron chi connectivity index (χ3n) is 6.32. The van der Waals surface area contributed by atoms with Crippen molar-refractivity contribution in [3.8, 4) is 0 Å². The number of carbonyl (C=O) groups excluding carboxylic acids is 1. The fraction of sp³-hybridized carbons (Fsp3) is 0.955. The van der Waals surface area contributed by atoms with Crippen molar-refractivity contribution in [3.63, 3.8) is 0 Å². The Morgan fingerprint density at radius 3 is 2.00 bits per heavy atom. The van der Waals surface area contributed by atoms with E-state index in [1.165, 1.54) is 0 Å². The standard InChI is InChI=1S/C22H42O2/c1-14(2)13-22(10,15(3)4)20(23)24-19-17(6)11-16(5)12-18(19)21(7,8)9/h14-19H,11-13H2,1-10H3. The van der Waals surface area contributed by atoms with Gasteiger partial charge in [-0.1, -0.05) is 62.3 Å². The van der Waals surface area contributed by atoms with E-state index in [2.05, 4.69) is 69.2 Å². The molecule has 1 aliphatic rings. The molecule has 5 atom stereocenters. The van der Waals surface area contributed by atoms with Gasteiger partial charge in [-0.15, -0.1) is 0 Å². The van der Waals surface area contributed by atoms with Crippen molar-refractivity contribution in [3.05, 3.63) is 0 Å². The number of hydrogen-bond donors (Lipinski definition) is 0. The maximum Gasteiger partial charge on any atom is 0.312 e. The first-order valence-electron chi connectivity index (χ1n) is 10.00. The van der Waals surface area contributed by atoms with Gasteiger partial charge in [-0.05, 0) is 55.3 Å². The lowest BCUT2D eigenvalue weighted by atomic mass is 9.64. The van der Waals surface area contributed by atoms with Crippen LogP contribution < -0.4 is 0 Å². The molecular weight excluding hydrogens is 296 g/mol. The molecule has 1 aliphatic carbocycles. The molecule has 2 nitrogen and oxygen atoms in total. The lowest BCUT2D eigenvalue weighted by Crippen LogP contribution is -2.47. The Bertz CT molecular complexity index is 418. The molecule has 0 heterocycles. The first-order chi connectivity index (χ1) is 10.8. The average molecular weight is 339 g/mol. The summed E-state index contributed by atoms with van der Waals surface area (Å²) in [7, 11) is 0. The summed E-state index contributed by atoms with van der Waals surface area (Å²) in [6.45, 7) is 22.3. The SMILES string of the molecule is CC(C)CC(C)(C(=O)OC1C(C)CC(C)CC1C(C)(C)C)C(C)C. The van der Waals surface area contributed by atoms with E-state index >= 15 is 0 Å². The maximum atomic E-state index is 13.2. The molecule has 1 rings (SSSR count). The molecule has 0 saturated heterocycles. The van der Waals surface area contributed by atoms with E-state index in [-0.39, 0.29) is 22.9 Å². The van der Waals surface area contributed by atoms with Gasteiger partial charge in [0.2, 0.25) is 0 Å². The highest BCUT2D eigenvalue weighted by Gasteiger charge is 2.46. The van der Waals surface area contributed by atoms with Crippen LogP contribution in [0.2, 0.25) is 0 Å². The summed E-state index contributed by atoms with van der Waals surface area (Å²) in [5.74, 6) is 2.40. The fourth-order valence-electron chi connectivity index (χ4n) is 4.53. The summed E-state index contributed by atoms with van der Waals surface area (Å²) in [5, 5.41) is 0. The third kappa shape index (κ3) is 4.99. The minimum Gasteiger partial charge on any atom is -0.461 e. The summed E-state index contributed by atoms with van der Waals surface area (Å²) >= 11 is 0. The topological polar surface area (TPSA) is 26.3 Å². The quantitative estimate of drug-likeness (QED) is 0.547. The van der Waals surface area contributed by atoms with E-state index in [0.717, 1.165) is 19.3 Å². The third-order valence-corrected chi connectivity index (χ3v) is 6.32. The fourth-order valence-corrected chi connectivity index (χ4v) is 4.53. The van der Waals surface area contributed by atoms with Crippen LogP contribution in [-0.4, -0.2) is 12.1 Å². The molecule has 2 heteroatoms. The Hall–Kier alpha value is -0.530. The second-order valence-electron chi connectivity index (χ2n) is 10.6. The molecule has 1 fully saturated rings. The number of carbonyl (C=O) groups is 1. The van der Waals surface area contributed by atoms with Crippen molar-refractivity contribution in [1.29, 1.82) is 0 Å². The molecule has 1 saturated carbocycles. The normalized spacial score (nSPS) is 31.2. The summed E-state index contributed by atoms with van der Waals surface area (Å²) < 4.78 is 6.28. The minimum atomic E-state index is -0.389. The lowest BCUT2D eigenvalue weighted by molar-refractivity contribution is -0.178. The van der Waals surface area contributed by atoms with Crippen LogP contribution in [0.3, 0.4) is 0 Å².